The fraction of sp³-hybridized carbons (Fsp3) is 0.192. The zero-order chi connectivity index (χ0) is 23.6. The van der Waals surface area contributed by atoms with Crippen LogP contribution >= 0.6 is 0 Å². The highest BCUT2D eigenvalue weighted by Gasteiger charge is 2.22. The SMILES string of the molecule is C=CCN(CC(=O)N(Cc1ccccc1)Cc1cccn1C)C(=O)Nc1cccc(C#N)c1. The summed E-state index contributed by atoms with van der Waals surface area (Å²) in [5, 5.41) is 11.8. The number of carbonyl (C=O) groups is 2. The highest BCUT2D eigenvalue weighted by molar-refractivity contribution is 5.92. The fourth-order valence-electron chi connectivity index (χ4n) is 3.40. The number of amides is 3. The maximum absolute atomic E-state index is 13.3. The van der Waals surface area contributed by atoms with E-state index in [0.29, 0.717) is 24.3 Å². The van der Waals surface area contributed by atoms with Gasteiger partial charge in [-0.15, -0.1) is 6.58 Å². The summed E-state index contributed by atoms with van der Waals surface area (Å²) in [4.78, 5) is 29.4. The molecule has 0 saturated heterocycles. The molecule has 7 heteroatoms. The quantitative estimate of drug-likeness (QED) is 0.507. The molecule has 3 rings (SSSR count). The van der Waals surface area contributed by atoms with E-state index in [9.17, 15) is 9.59 Å². The molecular formula is C26H27N5O2. The lowest BCUT2D eigenvalue weighted by Gasteiger charge is -2.27. The van der Waals surface area contributed by atoms with E-state index in [1.54, 1.807) is 35.2 Å². The zero-order valence-corrected chi connectivity index (χ0v) is 18.6. The van der Waals surface area contributed by atoms with Crippen LogP contribution < -0.4 is 5.32 Å². The predicted molar refractivity (Wildman–Crippen MR) is 128 cm³/mol. The summed E-state index contributed by atoms with van der Waals surface area (Å²) in [6, 6.07) is 21.9. The van der Waals surface area contributed by atoms with Gasteiger partial charge in [0.25, 0.3) is 0 Å². The second kappa shape index (κ2) is 11.3. The van der Waals surface area contributed by atoms with Gasteiger partial charge in [0.2, 0.25) is 5.91 Å². The van der Waals surface area contributed by atoms with Crippen LogP contribution in [0.4, 0.5) is 10.5 Å². The van der Waals surface area contributed by atoms with E-state index < -0.39 is 6.03 Å². The number of hydrogen-bond acceptors (Lipinski definition) is 3. The summed E-state index contributed by atoms with van der Waals surface area (Å²) in [6.45, 7) is 4.67. The first-order valence-corrected chi connectivity index (χ1v) is 10.6. The summed E-state index contributed by atoms with van der Waals surface area (Å²) in [6.07, 6.45) is 3.52. The lowest BCUT2D eigenvalue weighted by Crippen LogP contribution is -2.44. The van der Waals surface area contributed by atoms with Crippen molar-refractivity contribution < 1.29 is 9.59 Å². The van der Waals surface area contributed by atoms with Gasteiger partial charge in [-0.25, -0.2) is 4.79 Å². The van der Waals surface area contributed by atoms with Crippen molar-refractivity contribution in [2.45, 2.75) is 13.1 Å². The summed E-state index contributed by atoms with van der Waals surface area (Å²) in [7, 11) is 1.94. The summed E-state index contributed by atoms with van der Waals surface area (Å²) in [5.41, 5.74) is 2.93. The molecule has 33 heavy (non-hydrogen) atoms. The highest BCUT2D eigenvalue weighted by Crippen LogP contribution is 2.13. The third-order valence-electron chi connectivity index (χ3n) is 5.18. The monoisotopic (exact) mass is 441 g/mol. The molecule has 0 saturated carbocycles. The van der Waals surface area contributed by atoms with Crippen LogP contribution in [0.1, 0.15) is 16.8 Å². The number of aryl methyl sites for hydroxylation is 1. The van der Waals surface area contributed by atoms with E-state index in [1.807, 2.05) is 66.3 Å². The van der Waals surface area contributed by atoms with Crippen molar-refractivity contribution >= 4 is 17.6 Å². The van der Waals surface area contributed by atoms with Crippen LogP contribution in [0.15, 0.2) is 85.6 Å². The van der Waals surface area contributed by atoms with Gasteiger partial charge in [0.05, 0.1) is 18.2 Å². The van der Waals surface area contributed by atoms with Crippen molar-refractivity contribution in [2.24, 2.45) is 7.05 Å². The van der Waals surface area contributed by atoms with Gasteiger partial charge in [-0.2, -0.15) is 5.26 Å². The number of carbonyl (C=O) groups excluding carboxylic acids is 2. The average molecular weight is 442 g/mol. The smallest absolute Gasteiger partial charge is 0.322 e. The predicted octanol–water partition coefficient (Wildman–Crippen LogP) is 4.15. The lowest BCUT2D eigenvalue weighted by atomic mass is 10.2. The molecule has 2 aromatic carbocycles. The van der Waals surface area contributed by atoms with Gasteiger partial charge < -0.3 is 19.7 Å². The Morgan fingerprint density at radius 2 is 1.85 bits per heavy atom. The van der Waals surface area contributed by atoms with E-state index >= 15 is 0 Å². The lowest BCUT2D eigenvalue weighted by molar-refractivity contribution is -0.133. The molecule has 0 aliphatic carbocycles. The molecule has 1 aromatic heterocycles. The molecule has 0 aliphatic heterocycles. The Bertz CT molecular complexity index is 1150. The standard InChI is InChI=1S/C26H27N5O2/c1-3-14-30(26(33)28-23-12-7-11-22(16-23)17-27)20-25(32)31(18-21-9-5-4-6-10-21)19-24-13-8-15-29(24)2/h3-13,15-16H,1,14,18-20H2,2H3,(H,28,33). The number of benzene rings is 2. The maximum atomic E-state index is 13.3. The molecule has 0 fully saturated rings. The van der Waals surface area contributed by atoms with Crippen molar-refractivity contribution in [1.82, 2.24) is 14.4 Å². The number of urea groups is 1. The Hall–Kier alpha value is -4.31. The topological polar surface area (TPSA) is 81.4 Å². The minimum Gasteiger partial charge on any atom is -0.353 e. The number of nitriles is 1. The third-order valence-corrected chi connectivity index (χ3v) is 5.18. The first-order chi connectivity index (χ1) is 16.0. The molecule has 1 heterocycles. The maximum Gasteiger partial charge on any atom is 0.322 e. The third kappa shape index (κ3) is 6.58. The number of anilines is 1. The largest absolute Gasteiger partial charge is 0.353 e. The number of nitrogens with one attached hydrogen (secondary N) is 1. The zero-order valence-electron chi connectivity index (χ0n) is 18.6. The summed E-state index contributed by atoms with van der Waals surface area (Å²) >= 11 is 0. The van der Waals surface area contributed by atoms with Gasteiger partial charge in [-0.3, -0.25) is 4.79 Å². The molecule has 0 unspecified atom stereocenters. The summed E-state index contributed by atoms with van der Waals surface area (Å²) in [5.74, 6) is -0.178. The fourth-order valence-corrected chi connectivity index (χ4v) is 3.40. The van der Waals surface area contributed by atoms with Crippen molar-refractivity contribution in [3.05, 3.63) is 102 Å². The molecule has 1 N–H and O–H groups in total. The van der Waals surface area contributed by atoms with E-state index in [-0.39, 0.29) is 19.0 Å². The molecule has 168 valence electrons. The van der Waals surface area contributed by atoms with Gasteiger partial charge in [0, 0.05) is 37.7 Å². The van der Waals surface area contributed by atoms with Gasteiger partial charge in [-0.1, -0.05) is 42.5 Å². The van der Waals surface area contributed by atoms with Gasteiger partial charge in [0.15, 0.2) is 0 Å². The van der Waals surface area contributed by atoms with Crippen molar-refractivity contribution in [3.63, 3.8) is 0 Å². The van der Waals surface area contributed by atoms with E-state index in [2.05, 4.69) is 11.9 Å². The Labute approximate surface area is 194 Å². The molecule has 7 nitrogen and oxygen atoms in total. The van der Waals surface area contributed by atoms with Crippen LogP contribution in [0.2, 0.25) is 0 Å². The Balaban J connectivity index is 1.76. The molecule has 3 aromatic rings. The average Bonchev–Trinajstić information content (AvgIpc) is 3.23. The molecule has 0 bridgehead atoms. The van der Waals surface area contributed by atoms with Crippen LogP contribution in [-0.2, 0) is 24.9 Å². The first-order valence-electron chi connectivity index (χ1n) is 10.6. The molecular weight excluding hydrogens is 414 g/mol. The van der Waals surface area contributed by atoms with E-state index in [4.69, 9.17) is 5.26 Å². The van der Waals surface area contributed by atoms with Gasteiger partial charge >= 0.3 is 6.03 Å². The Kier molecular flexibility index (Phi) is 8.03. The number of rotatable bonds is 9. The van der Waals surface area contributed by atoms with E-state index in [0.717, 1.165) is 11.3 Å². The molecule has 0 atom stereocenters. The van der Waals surface area contributed by atoms with Gasteiger partial charge in [-0.05, 0) is 35.9 Å². The second-order valence-electron chi connectivity index (χ2n) is 7.64. The minimum atomic E-state index is -0.433. The number of nitrogens with zero attached hydrogens (tertiary/aromatic N) is 4. The van der Waals surface area contributed by atoms with Crippen LogP contribution in [0.3, 0.4) is 0 Å². The van der Waals surface area contributed by atoms with Crippen molar-refractivity contribution in [3.8, 4) is 6.07 Å². The highest BCUT2D eigenvalue weighted by atomic mass is 16.2. The van der Waals surface area contributed by atoms with Crippen molar-refractivity contribution in [2.75, 3.05) is 18.4 Å². The number of aromatic nitrogens is 1. The normalized spacial score (nSPS) is 10.2. The Morgan fingerprint density at radius 3 is 2.52 bits per heavy atom. The van der Waals surface area contributed by atoms with Crippen LogP contribution in [0.5, 0.6) is 0 Å². The van der Waals surface area contributed by atoms with Crippen LogP contribution in [0, 0.1) is 11.3 Å². The molecule has 0 aliphatic rings. The molecule has 0 spiro atoms. The Morgan fingerprint density at radius 1 is 1.06 bits per heavy atom. The minimum absolute atomic E-state index is 0.104. The second-order valence-corrected chi connectivity index (χ2v) is 7.64. The van der Waals surface area contributed by atoms with Gasteiger partial charge in [0.1, 0.15) is 6.54 Å². The summed E-state index contributed by atoms with van der Waals surface area (Å²) < 4.78 is 1.97. The number of hydrogen-bond donors (Lipinski definition) is 1. The first kappa shape index (κ1) is 23.4. The van der Waals surface area contributed by atoms with E-state index in [1.165, 1.54) is 4.90 Å². The molecule has 0 radical (unpaired) electrons. The van der Waals surface area contributed by atoms with Crippen LogP contribution in [-0.4, -0.2) is 39.4 Å². The van der Waals surface area contributed by atoms with Crippen molar-refractivity contribution in [1.29, 1.82) is 5.26 Å². The molecule has 3 amide bonds. The van der Waals surface area contributed by atoms with Crippen LogP contribution in [0.25, 0.3) is 0 Å².